The molecule has 0 saturated carbocycles. The van der Waals surface area contributed by atoms with Gasteiger partial charge in [0.2, 0.25) is 0 Å². The van der Waals surface area contributed by atoms with Crippen LogP contribution < -0.4 is 0 Å². The molecule has 0 spiro atoms. The first-order chi connectivity index (χ1) is 15.9. The van der Waals surface area contributed by atoms with Crippen LogP contribution in [0.5, 0.6) is 0 Å². The van der Waals surface area contributed by atoms with E-state index >= 15 is 0 Å². The number of hydrogen-bond donors (Lipinski definition) is 0. The molecule has 0 aliphatic carbocycles. The SMILES string of the molecule is CCOC(=O)C1CCN(CC(=O)N2N=C(c3cccc(C)c3)C[C@@H]2c2ccc(C)cc2)CC1. The van der Waals surface area contributed by atoms with Gasteiger partial charge in [0.05, 0.1) is 30.8 Å². The van der Waals surface area contributed by atoms with Gasteiger partial charge in [-0.05, 0) is 57.8 Å². The number of carbonyl (C=O) groups is 2. The molecule has 1 fully saturated rings. The Morgan fingerprint density at radius 3 is 2.42 bits per heavy atom. The number of likely N-dealkylation sites (tertiary alicyclic amines) is 1. The van der Waals surface area contributed by atoms with Crippen LogP contribution in [0.3, 0.4) is 0 Å². The number of benzene rings is 2. The summed E-state index contributed by atoms with van der Waals surface area (Å²) in [4.78, 5) is 27.6. The van der Waals surface area contributed by atoms with Crippen molar-refractivity contribution in [3.05, 3.63) is 70.8 Å². The van der Waals surface area contributed by atoms with Crippen LogP contribution in [-0.2, 0) is 14.3 Å². The second-order valence-electron chi connectivity index (χ2n) is 9.09. The molecule has 2 aliphatic rings. The summed E-state index contributed by atoms with van der Waals surface area (Å²) in [7, 11) is 0. The third kappa shape index (κ3) is 5.50. The topological polar surface area (TPSA) is 62.2 Å². The Morgan fingerprint density at radius 1 is 1.03 bits per heavy atom. The molecule has 0 aromatic heterocycles. The van der Waals surface area contributed by atoms with Gasteiger partial charge in [0, 0.05) is 6.42 Å². The Bertz CT molecular complexity index is 1020. The summed E-state index contributed by atoms with van der Waals surface area (Å²) in [6, 6.07) is 16.5. The first-order valence-corrected chi connectivity index (χ1v) is 11.9. The lowest BCUT2D eigenvalue weighted by molar-refractivity contribution is -0.149. The van der Waals surface area contributed by atoms with E-state index < -0.39 is 0 Å². The zero-order valence-corrected chi connectivity index (χ0v) is 19.8. The minimum Gasteiger partial charge on any atom is -0.466 e. The molecule has 0 unspecified atom stereocenters. The van der Waals surface area contributed by atoms with Crippen molar-refractivity contribution < 1.29 is 14.3 Å². The lowest BCUT2D eigenvalue weighted by atomic mass is 9.96. The highest BCUT2D eigenvalue weighted by Crippen LogP contribution is 2.33. The van der Waals surface area contributed by atoms with E-state index in [9.17, 15) is 9.59 Å². The standard InChI is InChI=1S/C27H33N3O3/c1-4-33-27(32)22-12-14-29(15-13-22)18-26(31)30-25(21-10-8-19(2)9-11-21)17-24(28-30)23-7-5-6-20(3)16-23/h5-11,16,22,25H,4,12-15,17-18H2,1-3H3/t25-/m1/s1. The zero-order chi connectivity index (χ0) is 23.4. The molecule has 2 aromatic carbocycles. The molecule has 6 nitrogen and oxygen atoms in total. The van der Waals surface area contributed by atoms with Crippen molar-refractivity contribution in [1.82, 2.24) is 9.91 Å². The number of esters is 1. The van der Waals surface area contributed by atoms with E-state index in [2.05, 4.69) is 61.2 Å². The number of rotatable bonds is 6. The van der Waals surface area contributed by atoms with Crippen molar-refractivity contribution in [1.29, 1.82) is 0 Å². The highest BCUT2D eigenvalue weighted by molar-refractivity contribution is 6.03. The molecule has 1 saturated heterocycles. The quantitative estimate of drug-likeness (QED) is 0.621. The Balaban J connectivity index is 1.49. The second-order valence-corrected chi connectivity index (χ2v) is 9.09. The minimum atomic E-state index is -0.116. The van der Waals surface area contributed by atoms with Crippen LogP contribution in [0.4, 0.5) is 0 Å². The van der Waals surface area contributed by atoms with Crippen molar-refractivity contribution in [2.24, 2.45) is 11.0 Å². The van der Waals surface area contributed by atoms with Crippen LogP contribution in [0.1, 0.15) is 54.5 Å². The number of hydrazone groups is 1. The van der Waals surface area contributed by atoms with Gasteiger partial charge in [-0.2, -0.15) is 5.10 Å². The van der Waals surface area contributed by atoms with Crippen LogP contribution in [0, 0.1) is 19.8 Å². The van der Waals surface area contributed by atoms with Gasteiger partial charge in [-0.3, -0.25) is 14.5 Å². The molecule has 6 heteroatoms. The molecular weight excluding hydrogens is 414 g/mol. The van der Waals surface area contributed by atoms with Crippen LogP contribution >= 0.6 is 0 Å². The van der Waals surface area contributed by atoms with Crippen LogP contribution in [-0.4, -0.2) is 53.7 Å². The summed E-state index contributed by atoms with van der Waals surface area (Å²) >= 11 is 0. The lowest BCUT2D eigenvalue weighted by Crippen LogP contribution is -2.43. The maximum absolute atomic E-state index is 13.4. The number of amides is 1. The molecule has 0 bridgehead atoms. The third-order valence-electron chi connectivity index (χ3n) is 6.55. The molecule has 0 N–H and O–H groups in total. The van der Waals surface area contributed by atoms with E-state index in [0.717, 1.165) is 29.7 Å². The van der Waals surface area contributed by atoms with Crippen LogP contribution in [0.15, 0.2) is 53.6 Å². The first-order valence-electron chi connectivity index (χ1n) is 11.9. The molecule has 2 aromatic rings. The van der Waals surface area contributed by atoms with Crippen molar-refractivity contribution in [2.75, 3.05) is 26.2 Å². The summed E-state index contributed by atoms with van der Waals surface area (Å²) in [5.41, 5.74) is 5.48. The third-order valence-corrected chi connectivity index (χ3v) is 6.55. The fourth-order valence-electron chi connectivity index (χ4n) is 4.64. The number of aryl methyl sites for hydroxylation is 2. The summed E-state index contributed by atoms with van der Waals surface area (Å²) in [5, 5.41) is 6.49. The Kier molecular flexibility index (Phi) is 7.23. The molecule has 1 amide bonds. The molecule has 33 heavy (non-hydrogen) atoms. The number of nitrogens with zero attached hydrogens (tertiary/aromatic N) is 3. The maximum Gasteiger partial charge on any atom is 0.309 e. The Morgan fingerprint density at radius 2 is 1.76 bits per heavy atom. The van der Waals surface area contributed by atoms with E-state index in [1.54, 1.807) is 5.01 Å². The second kappa shape index (κ2) is 10.3. The monoisotopic (exact) mass is 447 g/mol. The molecule has 2 heterocycles. The van der Waals surface area contributed by atoms with Gasteiger partial charge < -0.3 is 4.74 Å². The Labute approximate surface area is 196 Å². The van der Waals surface area contributed by atoms with Crippen LogP contribution in [0.2, 0.25) is 0 Å². The molecule has 2 aliphatic heterocycles. The predicted molar refractivity (Wildman–Crippen MR) is 129 cm³/mol. The van der Waals surface area contributed by atoms with Crippen molar-refractivity contribution in [2.45, 2.75) is 46.1 Å². The van der Waals surface area contributed by atoms with Gasteiger partial charge in [0.15, 0.2) is 0 Å². The number of carbonyl (C=O) groups excluding carboxylic acids is 2. The molecular formula is C27H33N3O3. The molecule has 4 rings (SSSR count). The largest absolute Gasteiger partial charge is 0.466 e. The highest BCUT2D eigenvalue weighted by atomic mass is 16.5. The molecule has 174 valence electrons. The van der Waals surface area contributed by atoms with E-state index in [-0.39, 0.29) is 23.8 Å². The maximum atomic E-state index is 13.4. The van der Waals surface area contributed by atoms with Gasteiger partial charge in [0.25, 0.3) is 5.91 Å². The smallest absolute Gasteiger partial charge is 0.309 e. The first kappa shape index (κ1) is 23.2. The summed E-state index contributed by atoms with van der Waals surface area (Å²) in [5.74, 6) is -0.179. The van der Waals surface area contributed by atoms with Crippen LogP contribution in [0.25, 0.3) is 0 Å². The molecule has 0 radical (unpaired) electrons. The van der Waals surface area contributed by atoms with Gasteiger partial charge >= 0.3 is 5.97 Å². The van der Waals surface area contributed by atoms with Crippen molar-refractivity contribution in [3.8, 4) is 0 Å². The van der Waals surface area contributed by atoms with Gasteiger partial charge in [-0.15, -0.1) is 0 Å². The van der Waals surface area contributed by atoms with Gasteiger partial charge in [-0.25, -0.2) is 5.01 Å². The van der Waals surface area contributed by atoms with E-state index in [1.807, 2.05) is 13.0 Å². The van der Waals surface area contributed by atoms with Gasteiger partial charge in [-0.1, -0.05) is 59.7 Å². The fraction of sp³-hybridized carbons (Fsp3) is 0.444. The number of piperidine rings is 1. The minimum absolute atomic E-state index is 0.00203. The predicted octanol–water partition coefficient (Wildman–Crippen LogP) is 4.26. The van der Waals surface area contributed by atoms with Crippen molar-refractivity contribution in [3.63, 3.8) is 0 Å². The number of ether oxygens (including phenoxy) is 1. The Hall–Kier alpha value is -2.99. The van der Waals surface area contributed by atoms with E-state index in [0.29, 0.717) is 32.7 Å². The average molecular weight is 448 g/mol. The zero-order valence-electron chi connectivity index (χ0n) is 19.8. The van der Waals surface area contributed by atoms with E-state index in [1.165, 1.54) is 11.1 Å². The normalized spacial score (nSPS) is 19.4. The van der Waals surface area contributed by atoms with Crippen molar-refractivity contribution >= 4 is 17.6 Å². The fourth-order valence-corrected chi connectivity index (χ4v) is 4.64. The highest BCUT2D eigenvalue weighted by Gasteiger charge is 2.35. The number of hydrogen-bond acceptors (Lipinski definition) is 5. The van der Waals surface area contributed by atoms with E-state index in [4.69, 9.17) is 9.84 Å². The summed E-state index contributed by atoms with van der Waals surface area (Å²) in [6.45, 7) is 8.11. The molecule has 1 atom stereocenters. The summed E-state index contributed by atoms with van der Waals surface area (Å²) in [6.07, 6.45) is 2.15. The lowest BCUT2D eigenvalue weighted by Gasteiger charge is -2.32. The van der Waals surface area contributed by atoms with Gasteiger partial charge in [0.1, 0.15) is 0 Å². The average Bonchev–Trinajstić information content (AvgIpc) is 3.26. The summed E-state index contributed by atoms with van der Waals surface area (Å²) < 4.78 is 5.16.